The first-order valence-electron chi connectivity index (χ1n) is 7.52. The van der Waals surface area contributed by atoms with Gasteiger partial charge in [0.1, 0.15) is 17.1 Å². The van der Waals surface area contributed by atoms with Gasteiger partial charge < -0.3 is 14.3 Å². The van der Waals surface area contributed by atoms with Gasteiger partial charge in [0.25, 0.3) is 0 Å². The Morgan fingerprint density at radius 3 is 2.91 bits per heavy atom. The number of halogens is 1. The SMILES string of the molecule is Cc1c(-c2cccnc2CO)oc2cccc(OCCCBr)c12. The van der Waals surface area contributed by atoms with Crippen LogP contribution in [0.1, 0.15) is 17.7 Å². The lowest BCUT2D eigenvalue weighted by Crippen LogP contribution is -1.98. The van der Waals surface area contributed by atoms with E-state index < -0.39 is 0 Å². The lowest BCUT2D eigenvalue weighted by atomic mass is 10.1. The second kappa shape index (κ2) is 7.15. The van der Waals surface area contributed by atoms with Gasteiger partial charge in [-0.1, -0.05) is 22.0 Å². The molecule has 5 heteroatoms. The Morgan fingerprint density at radius 2 is 2.13 bits per heavy atom. The van der Waals surface area contributed by atoms with Crippen LogP contribution in [0.2, 0.25) is 0 Å². The number of benzene rings is 1. The fourth-order valence-corrected chi connectivity index (χ4v) is 2.88. The van der Waals surface area contributed by atoms with Gasteiger partial charge in [-0.25, -0.2) is 0 Å². The molecule has 1 N–H and O–H groups in total. The molecule has 0 spiro atoms. The van der Waals surface area contributed by atoms with Crippen molar-refractivity contribution in [2.24, 2.45) is 0 Å². The minimum absolute atomic E-state index is 0.124. The molecule has 0 atom stereocenters. The van der Waals surface area contributed by atoms with Gasteiger partial charge in [-0.3, -0.25) is 4.98 Å². The van der Waals surface area contributed by atoms with Gasteiger partial charge in [0, 0.05) is 22.7 Å². The quantitative estimate of drug-likeness (QED) is 0.510. The van der Waals surface area contributed by atoms with Crippen molar-refractivity contribution in [3.63, 3.8) is 0 Å². The molecule has 0 saturated heterocycles. The van der Waals surface area contributed by atoms with Crippen LogP contribution < -0.4 is 4.74 Å². The van der Waals surface area contributed by atoms with Crippen LogP contribution in [0.5, 0.6) is 5.75 Å². The maximum Gasteiger partial charge on any atom is 0.140 e. The predicted octanol–water partition coefficient (Wildman–Crippen LogP) is 4.46. The van der Waals surface area contributed by atoms with Gasteiger partial charge in [0.2, 0.25) is 0 Å². The molecule has 0 radical (unpaired) electrons. The van der Waals surface area contributed by atoms with Crippen LogP contribution in [0.15, 0.2) is 40.9 Å². The Hall–Kier alpha value is -1.85. The molecule has 1 aromatic carbocycles. The van der Waals surface area contributed by atoms with Crippen molar-refractivity contribution in [3.8, 4) is 17.1 Å². The number of aromatic nitrogens is 1. The second-order valence-corrected chi connectivity index (χ2v) is 6.03. The highest BCUT2D eigenvalue weighted by molar-refractivity contribution is 9.09. The monoisotopic (exact) mass is 375 g/mol. The smallest absolute Gasteiger partial charge is 0.140 e. The van der Waals surface area contributed by atoms with Crippen LogP contribution in [0.3, 0.4) is 0 Å². The van der Waals surface area contributed by atoms with E-state index in [1.165, 1.54) is 0 Å². The number of aryl methyl sites for hydroxylation is 1. The van der Waals surface area contributed by atoms with E-state index in [2.05, 4.69) is 20.9 Å². The maximum absolute atomic E-state index is 9.51. The number of alkyl halides is 1. The summed E-state index contributed by atoms with van der Waals surface area (Å²) < 4.78 is 11.9. The zero-order valence-corrected chi connectivity index (χ0v) is 14.5. The van der Waals surface area contributed by atoms with Gasteiger partial charge >= 0.3 is 0 Å². The molecule has 3 aromatic rings. The number of rotatable bonds is 6. The third kappa shape index (κ3) is 3.12. The molecule has 120 valence electrons. The zero-order chi connectivity index (χ0) is 16.2. The van der Waals surface area contributed by atoms with Gasteiger partial charge in [0.05, 0.1) is 24.3 Å². The summed E-state index contributed by atoms with van der Waals surface area (Å²) in [4.78, 5) is 4.22. The normalized spacial score (nSPS) is 11.1. The number of ether oxygens (including phenoxy) is 1. The first kappa shape index (κ1) is 16.0. The predicted molar refractivity (Wildman–Crippen MR) is 94.0 cm³/mol. The van der Waals surface area contributed by atoms with E-state index in [4.69, 9.17) is 9.15 Å². The molecule has 2 aromatic heterocycles. The van der Waals surface area contributed by atoms with Crippen LogP contribution in [0, 0.1) is 6.92 Å². The summed E-state index contributed by atoms with van der Waals surface area (Å²) >= 11 is 3.41. The van der Waals surface area contributed by atoms with Crippen LogP contribution in [-0.4, -0.2) is 22.0 Å². The summed E-state index contributed by atoms with van der Waals surface area (Å²) in [5, 5.41) is 11.4. The Morgan fingerprint density at radius 1 is 1.26 bits per heavy atom. The van der Waals surface area contributed by atoms with Crippen LogP contribution in [0.25, 0.3) is 22.3 Å². The number of nitrogens with zero attached hydrogens (tertiary/aromatic N) is 1. The lowest BCUT2D eigenvalue weighted by molar-refractivity contribution is 0.277. The molecular formula is C18H18BrNO3. The average molecular weight is 376 g/mol. The first-order valence-corrected chi connectivity index (χ1v) is 8.64. The van der Waals surface area contributed by atoms with Crippen molar-refractivity contribution in [1.82, 2.24) is 4.98 Å². The van der Waals surface area contributed by atoms with E-state index in [0.717, 1.165) is 45.4 Å². The Bertz CT molecular complexity index is 813. The minimum atomic E-state index is -0.124. The van der Waals surface area contributed by atoms with Gasteiger partial charge in [0.15, 0.2) is 0 Å². The molecule has 0 aliphatic rings. The van der Waals surface area contributed by atoms with E-state index in [9.17, 15) is 5.11 Å². The number of hydrogen-bond donors (Lipinski definition) is 1. The van der Waals surface area contributed by atoms with Crippen molar-refractivity contribution in [3.05, 3.63) is 47.8 Å². The molecule has 23 heavy (non-hydrogen) atoms. The van der Waals surface area contributed by atoms with Crippen molar-refractivity contribution >= 4 is 26.9 Å². The number of fused-ring (bicyclic) bond motifs is 1. The summed E-state index contributed by atoms with van der Waals surface area (Å²) in [7, 11) is 0. The van der Waals surface area contributed by atoms with Gasteiger partial charge in [-0.05, 0) is 37.6 Å². The van der Waals surface area contributed by atoms with Crippen molar-refractivity contribution in [1.29, 1.82) is 0 Å². The number of aliphatic hydroxyl groups is 1. The number of aliphatic hydroxyl groups excluding tert-OH is 1. The Labute approximate surface area is 143 Å². The van der Waals surface area contributed by atoms with E-state index in [1.807, 2.05) is 37.3 Å². The second-order valence-electron chi connectivity index (χ2n) is 5.23. The number of pyridine rings is 1. The third-order valence-corrected chi connectivity index (χ3v) is 4.30. The first-order chi connectivity index (χ1) is 11.3. The molecule has 0 saturated carbocycles. The highest BCUT2D eigenvalue weighted by Crippen LogP contribution is 2.38. The molecule has 0 bridgehead atoms. The average Bonchev–Trinajstić information content (AvgIpc) is 2.93. The highest BCUT2D eigenvalue weighted by Gasteiger charge is 2.18. The van der Waals surface area contributed by atoms with E-state index in [1.54, 1.807) is 6.20 Å². The molecule has 0 aliphatic heterocycles. The molecule has 0 fully saturated rings. The summed E-state index contributed by atoms with van der Waals surface area (Å²) in [6.45, 7) is 2.53. The molecule has 0 amide bonds. The van der Waals surface area contributed by atoms with Crippen molar-refractivity contribution in [2.75, 3.05) is 11.9 Å². The molecule has 0 aliphatic carbocycles. The Balaban J connectivity index is 2.10. The number of furan rings is 1. The topological polar surface area (TPSA) is 55.5 Å². The molecule has 0 unspecified atom stereocenters. The summed E-state index contributed by atoms with van der Waals surface area (Å²) in [6, 6.07) is 9.56. The lowest BCUT2D eigenvalue weighted by Gasteiger charge is -2.07. The summed E-state index contributed by atoms with van der Waals surface area (Å²) in [5.74, 6) is 1.55. The number of hydrogen-bond acceptors (Lipinski definition) is 4. The minimum Gasteiger partial charge on any atom is -0.493 e. The van der Waals surface area contributed by atoms with Crippen LogP contribution >= 0.6 is 15.9 Å². The Kier molecular flexibility index (Phi) is 4.98. The van der Waals surface area contributed by atoms with Crippen LogP contribution in [0.4, 0.5) is 0 Å². The third-order valence-electron chi connectivity index (χ3n) is 3.74. The molecule has 4 nitrogen and oxygen atoms in total. The van der Waals surface area contributed by atoms with E-state index >= 15 is 0 Å². The van der Waals surface area contributed by atoms with Crippen molar-refractivity contribution in [2.45, 2.75) is 20.0 Å². The van der Waals surface area contributed by atoms with Crippen molar-refractivity contribution < 1.29 is 14.3 Å². The zero-order valence-electron chi connectivity index (χ0n) is 12.9. The van der Waals surface area contributed by atoms with Crippen LogP contribution in [-0.2, 0) is 6.61 Å². The summed E-state index contributed by atoms with van der Waals surface area (Å²) in [5.41, 5.74) is 3.20. The largest absolute Gasteiger partial charge is 0.493 e. The van der Waals surface area contributed by atoms with Gasteiger partial charge in [-0.2, -0.15) is 0 Å². The standard InChI is InChI=1S/C18H18BrNO3/c1-12-17-15(22-10-4-8-19)6-2-7-16(17)23-18(12)13-5-3-9-20-14(13)11-21/h2-3,5-7,9,21H,4,8,10-11H2,1H3. The van der Waals surface area contributed by atoms with E-state index in [0.29, 0.717) is 12.3 Å². The molecular weight excluding hydrogens is 358 g/mol. The fourth-order valence-electron chi connectivity index (χ4n) is 2.65. The highest BCUT2D eigenvalue weighted by atomic mass is 79.9. The molecule has 2 heterocycles. The summed E-state index contributed by atoms with van der Waals surface area (Å²) in [6.07, 6.45) is 2.61. The van der Waals surface area contributed by atoms with E-state index in [-0.39, 0.29) is 6.61 Å². The van der Waals surface area contributed by atoms with Gasteiger partial charge in [-0.15, -0.1) is 0 Å². The molecule has 3 rings (SSSR count). The maximum atomic E-state index is 9.51. The fraction of sp³-hybridized carbons (Fsp3) is 0.278.